The van der Waals surface area contributed by atoms with Crippen molar-refractivity contribution < 1.29 is 33.1 Å². The van der Waals surface area contributed by atoms with Crippen molar-refractivity contribution in [1.29, 1.82) is 0 Å². The monoisotopic (exact) mass is 643 g/mol. The van der Waals surface area contributed by atoms with Crippen LogP contribution >= 0.6 is 12.8 Å². The Hall–Kier alpha value is -3.97. The molecule has 2 aromatic carbocycles. The Morgan fingerprint density at radius 2 is 1.67 bits per heavy atom. The van der Waals surface area contributed by atoms with Gasteiger partial charge in [0, 0.05) is 30.1 Å². The van der Waals surface area contributed by atoms with Crippen LogP contribution in [0, 0.1) is 0 Å². The SMILES string of the molecule is CCCC(Oc1ccc2c(NC(=O)CNC(=O)[C@H](CCC)NS)noc2c1)Oc1ccc(C(=O)N(C(C)C)C(C)C)cc1OC. The van der Waals surface area contributed by atoms with Crippen molar-refractivity contribution in [3.8, 4) is 17.2 Å². The molecule has 0 aliphatic rings. The number of rotatable bonds is 17. The van der Waals surface area contributed by atoms with Gasteiger partial charge in [-0.3, -0.25) is 19.1 Å². The fraction of sp³-hybridized carbons (Fsp3) is 0.500. The minimum atomic E-state index is -0.667. The minimum absolute atomic E-state index is 0.0442. The Morgan fingerprint density at radius 3 is 2.29 bits per heavy atom. The van der Waals surface area contributed by atoms with Gasteiger partial charge in [-0.15, -0.1) is 0 Å². The minimum Gasteiger partial charge on any atom is -0.493 e. The maximum absolute atomic E-state index is 13.2. The van der Waals surface area contributed by atoms with Crippen LogP contribution in [0.25, 0.3) is 11.0 Å². The largest absolute Gasteiger partial charge is 0.493 e. The first kappa shape index (κ1) is 35.5. The van der Waals surface area contributed by atoms with Crippen molar-refractivity contribution >= 4 is 47.3 Å². The number of nitrogens with zero attached hydrogens (tertiary/aromatic N) is 2. The van der Waals surface area contributed by atoms with Crippen molar-refractivity contribution in [2.45, 2.75) is 91.6 Å². The smallest absolute Gasteiger partial charge is 0.254 e. The molecule has 0 saturated heterocycles. The highest BCUT2D eigenvalue weighted by molar-refractivity contribution is 7.78. The van der Waals surface area contributed by atoms with E-state index in [9.17, 15) is 14.4 Å². The van der Waals surface area contributed by atoms with Gasteiger partial charge in [0.2, 0.25) is 18.1 Å². The van der Waals surface area contributed by atoms with E-state index in [2.05, 4.69) is 33.3 Å². The van der Waals surface area contributed by atoms with Crippen LogP contribution in [0.15, 0.2) is 40.9 Å². The number of anilines is 1. The summed E-state index contributed by atoms with van der Waals surface area (Å²) in [7, 11) is 1.53. The summed E-state index contributed by atoms with van der Waals surface area (Å²) < 4.78 is 26.0. The predicted molar refractivity (Wildman–Crippen MR) is 176 cm³/mol. The maximum atomic E-state index is 13.2. The first-order chi connectivity index (χ1) is 21.5. The van der Waals surface area contributed by atoms with E-state index in [0.717, 1.165) is 12.8 Å². The van der Waals surface area contributed by atoms with Gasteiger partial charge in [0.15, 0.2) is 22.9 Å². The second-order valence-corrected chi connectivity index (χ2v) is 11.4. The second kappa shape index (κ2) is 16.9. The number of carbonyl (C=O) groups is 3. The quantitative estimate of drug-likeness (QED) is 0.113. The lowest BCUT2D eigenvalue weighted by molar-refractivity contribution is -0.125. The van der Waals surface area contributed by atoms with Gasteiger partial charge < -0.3 is 34.3 Å². The van der Waals surface area contributed by atoms with E-state index in [4.69, 9.17) is 18.7 Å². The molecule has 1 unspecified atom stereocenters. The van der Waals surface area contributed by atoms with Gasteiger partial charge in [0.05, 0.1) is 25.1 Å². The molecule has 3 amide bonds. The first-order valence-electron chi connectivity index (χ1n) is 15.2. The third-order valence-electron chi connectivity index (χ3n) is 6.98. The Morgan fingerprint density at radius 1 is 0.956 bits per heavy atom. The molecular weight excluding hydrogens is 598 g/mol. The average Bonchev–Trinajstić information content (AvgIpc) is 3.39. The van der Waals surface area contributed by atoms with Crippen LogP contribution in [-0.4, -0.2) is 65.8 Å². The second-order valence-electron chi connectivity index (χ2n) is 11.1. The van der Waals surface area contributed by atoms with Crippen LogP contribution in [0.4, 0.5) is 5.82 Å². The van der Waals surface area contributed by atoms with E-state index in [1.54, 1.807) is 36.4 Å². The molecule has 1 aromatic heterocycles. The fourth-order valence-electron chi connectivity index (χ4n) is 4.87. The summed E-state index contributed by atoms with van der Waals surface area (Å²) in [5.74, 6) is 0.704. The van der Waals surface area contributed by atoms with Crippen LogP contribution in [0.5, 0.6) is 17.2 Å². The van der Waals surface area contributed by atoms with E-state index in [0.29, 0.717) is 46.6 Å². The molecular formula is C32H45N5O7S. The van der Waals surface area contributed by atoms with Crippen LogP contribution in [-0.2, 0) is 9.59 Å². The number of nitrogens with one attached hydrogen (secondary N) is 3. The third-order valence-corrected chi connectivity index (χ3v) is 7.29. The standard InChI is InChI=1S/C32H45N5O7S/c1-8-10-24(36-45)31(39)33-18-28(38)34-30-23-14-13-22(17-26(23)44-35-30)42-29(11-9-2)43-25-15-12-21(16-27(25)41-7)32(40)37(19(3)4)20(5)6/h12-17,19-20,24,29,36,45H,8-11,18H2,1-7H3,(H,33,39)(H,34,35,38)/t24-,29?/m0/s1. The van der Waals surface area contributed by atoms with Crippen molar-refractivity contribution in [1.82, 2.24) is 20.1 Å². The summed E-state index contributed by atoms with van der Waals surface area (Å²) in [6, 6.07) is 9.82. The van der Waals surface area contributed by atoms with E-state index < -0.39 is 18.2 Å². The predicted octanol–water partition coefficient (Wildman–Crippen LogP) is 5.34. The first-order valence-corrected chi connectivity index (χ1v) is 15.7. The Bertz CT molecular complexity index is 1440. The molecule has 0 bridgehead atoms. The number of amides is 3. The van der Waals surface area contributed by atoms with E-state index >= 15 is 0 Å². The van der Waals surface area contributed by atoms with Gasteiger partial charge in [-0.05, 0) is 70.9 Å². The molecule has 1 heterocycles. The van der Waals surface area contributed by atoms with Crippen LogP contribution in [0.3, 0.4) is 0 Å². The highest BCUT2D eigenvalue weighted by atomic mass is 32.1. The van der Waals surface area contributed by atoms with Gasteiger partial charge in [-0.2, -0.15) is 0 Å². The molecule has 12 nitrogen and oxygen atoms in total. The number of aromatic nitrogens is 1. The topological polar surface area (TPSA) is 144 Å². The van der Waals surface area contributed by atoms with Gasteiger partial charge in [0.25, 0.3) is 5.91 Å². The number of methoxy groups -OCH3 is 1. The number of benzene rings is 2. The molecule has 0 radical (unpaired) electrons. The third kappa shape index (κ3) is 9.51. The number of carbonyl (C=O) groups excluding carboxylic acids is 3. The highest BCUT2D eigenvalue weighted by Crippen LogP contribution is 2.32. The molecule has 3 aromatic rings. The van der Waals surface area contributed by atoms with Crippen molar-refractivity contribution in [3.05, 3.63) is 42.0 Å². The van der Waals surface area contributed by atoms with Gasteiger partial charge in [-0.1, -0.05) is 38.2 Å². The molecule has 0 aliphatic heterocycles. The van der Waals surface area contributed by atoms with Crippen LogP contribution in [0.2, 0.25) is 0 Å². The maximum Gasteiger partial charge on any atom is 0.254 e. The average molecular weight is 644 g/mol. The van der Waals surface area contributed by atoms with E-state index in [1.807, 2.05) is 46.4 Å². The fourth-order valence-corrected chi connectivity index (χ4v) is 5.12. The summed E-state index contributed by atoms with van der Waals surface area (Å²) in [5, 5.41) is 9.78. The highest BCUT2D eigenvalue weighted by Gasteiger charge is 2.24. The molecule has 0 saturated carbocycles. The molecule has 2 atom stereocenters. The zero-order valence-corrected chi connectivity index (χ0v) is 27.9. The lowest BCUT2D eigenvalue weighted by Gasteiger charge is -2.31. The van der Waals surface area contributed by atoms with Gasteiger partial charge >= 0.3 is 0 Å². The Balaban J connectivity index is 1.69. The Labute approximate surface area is 270 Å². The molecule has 0 spiro atoms. The normalized spacial score (nSPS) is 12.6. The molecule has 13 heteroatoms. The molecule has 3 N–H and O–H groups in total. The van der Waals surface area contributed by atoms with E-state index in [-0.39, 0.29) is 36.3 Å². The number of thiol groups is 1. The van der Waals surface area contributed by atoms with Gasteiger partial charge in [0.1, 0.15) is 5.75 Å². The molecule has 0 aliphatic carbocycles. The van der Waals surface area contributed by atoms with E-state index in [1.165, 1.54) is 7.11 Å². The van der Waals surface area contributed by atoms with Crippen LogP contribution in [0.1, 0.15) is 77.6 Å². The number of fused-ring (bicyclic) bond motifs is 1. The number of hydrogen-bond donors (Lipinski definition) is 4. The molecule has 45 heavy (non-hydrogen) atoms. The summed E-state index contributed by atoms with van der Waals surface area (Å²) >= 11 is 3.98. The summed E-state index contributed by atoms with van der Waals surface area (Å²) in [5.41, 5.74) is 0.899. The Kier molecular flexibility index (Phi) is 13.4. The van der Waals surface area contributed by atoms with Crippen molar-refractivity contribution in [2.24, 2.45) is 0 Å². The lowest BCUT2D eigenvalue weighted by Crippen LogP contribution is -2.43. The zero-order chi connectivity index (χ0) is 33.1. The lowest BCUT2D eigenvalue weighted by atomic mass is 10.1. The summed E-state index contributed by atoms with van der Waals surface area (Å²) in [6.07, 6.45) is 2.07. The summed E-state index contributed by atoms with van der Waals surface area (Å²) in [4.78, 5) is 39.7. The molecule has 246 valence electrons. The number of ether oxygens (including phenoxy) is 3. The van der Waals surface area contributed by atoms with Gasteiger partial charge in [-0.25, -0.2) is 0 Å². The molecule has 0 fully saturated rings. The van der Waals surface area contributed by atoms with Crippen molar-refractivity contribution in [3.63, 3.8) is 0 Å². The van der Waals surface area contributed by atoms with Crippen molar-refractivity contribution in [2.75, 3.05) is 19.0 Å². The molecule has 3 rings (SSSR count). The summed E-state index contributed by atoms with van der Waals surface area (Å²) in [6.45, 7) is 11.7. The van der Waals surface area contributed by atoms with Crippen LogP contribution < -0.4 is 29.6 Å². The number of hydrogen-bond acceptors (Lipinski definition) is 10. The zero-order valence-electron chi connectivity index (χ0n) is 27.0.